The highest BCUT2D eigenvalue weighted by Gasteiger charge is 2.22. The number of rotatable bonds is 4. The molecule has 1 aromatic rings. The molecule has 0 aromatic heterocycles. The van der Waals surface area contributed by atoms with Crippen LogP contribution in [0.25, 0.3) is 0 Å². The topological polar surface area (TPSA) is 29.5 Å². The van der Waals surface area contributed by atoms with Crippen molar-refractivity contribution in [3.63, 3.8) is 0 Å². The second-order valence-electron chi connectivity index (χ2n) is 5.55. The zero-order valence-corrected chi connectivity index (χ0v) is 12.1. The van der Waals surface area contributed by atoms with Crippen LogP contribution in [0.2, 0.25) is 0 Å². The van der Waals surface area contributed by atoms with Crippen LogP contribution in [0.3, 0.4) is 0 Å². The molecule has 2 nitrogen and oxygen atoms in total. The zero-order valence-electron chi connectivity index (χ0n) is 11.3. The van der Waals surface area contributed by atoms with Crippen molar-refractivity contribution in [2.45, 2.75) is 49.9 Å². The van der Waals surface area contributed by atoms with Gasteiger partial charge in [-0.1, -0.05) is 18.6 Å². The predicted molar refractivity (Wildman–Crippen MR) is 80.1 cm³/mol. The van der Waals surface area contributed by atoms with Crippen molar-refractivity contribution in [1.29, 1.82) is 0 Å². The summed E-state index contributed by atoms with van der Waals surface area (Å²) in [4.78, 5) is 0. The molecule has 0 aliphatic carbocycles. The average Bonchev–Trinajstić information content (AvgIpc) is 2.93. The monoisotopic (exact) mass is 278 g/mol. The molecule has 1 fully saturated rings. The first kappa shape index (κ1) is 13.3. The van der Waals surface area contributed by atoms with Gasteiger partial charge in [0, 0.05) is 11.7 Å². The van der Waals surface area contributed by atoms with Crippen molar-refractivity contribution in [1.82, 2.24) is 0 Å². The number of benzene rings is 1. The molecule has 0 bridgehead atoms. The zero-order chi connectivity index (χ0) is 13.1. The van der Waals surface area contributed by atoms with Gasteiger partial charge in [-0.3, -0.25) is 0 Å². The molecule has 104 valence electrons. The predicted octanol–water partition coefficient (Wildman–Crippen LogP) is 3.20. The molecule has 19 heavy (non-hydrogen) atoms. The maximum absolute atomic E-state index is 10.3. The fourth-order valence-corrected chi connectivity index (χ4v) is 4.33. The van der Waals surface area contributed by atoms with E-state index in [4.69, 9.17) is 4.74 Å². The summed E-state index contributed by atoms with van der Waals surface area (Å²) in [7, 11) is 0. The van der Waals surface area contributed by atoms with E-state index in [-0.39, 0.29) is 6.10 Å². The Morgan fingerprint density at radius 3 is 3.16 bits per heavy atom. The summed E-state index contributed by atoms with van der Waals surface area (Å²) in [5, 5.41) is 10.7. The molecule has 1 saturated heterocycles. The van der Waals surface area contributed by atoms with Crippen LogP contribution < -0.4 is 4.74 Å². The first-order valence-corrected chi connectivity index (χ1v) is 8.42. The Morgan fingerprint density at radius 1 is 1.37 bits per heavy atom. The van der Waals surface area contributed by atoms with Crippen LogP contribution in [0.5, 0.6) is 5.75 Å². The summed E-state index contributed by atoms with van der Waals surface area (Å²) >= 11 is 1.96. The van der Waals surface area contributed by atoms with Gasteiger partial charge in [-0.05, 0) is 48.6 Å². The highest BCUT2D eigenvalue weighted by molar-refractivity contribution is 8.00. The van der Waals surface area contributed by atoms with Gasteiger partial charge in [-0.25, -0.2) is 0 Å². The molecule has 0 saturated carbocycles. The SMILES string of the molecule is OC(CCc1ccc2c(c1)CCO2)C1CCCCS1. The van der Waals surface area contributed by atoms with Gasteiger partial charge >= 0.3 is 0 Å². The molecule has 2 unspecified atom stereocenters. The molecular weight excluding hydrogens is 256 g/mol. The minimum atomic E-state index is -0.144. The van der Waals surface area contributed by atoms with Crippen molar-refractivity contribution >= 4 is 11.8 Å². The molecule has 2 heterocycles. The van der Waals surface area contributed by atoms with Gasteiger partial charge in [0.1, 0.15) is 5.75 Å². The highest BCUT2D eigenvalue weighted by Crippen LogP contribution is 2.30. The summed E-state index contributed by atoms with van der Waals surface area (Å²) in [6.45, 7) is 0.820. The number of thioether (sulfide) groups is 1. The van der Waals surface area contributed by atoms with E-state index in [1.54, 1.807) is 0 Å². The fraction of sp³-hybridized carbons (Fsp3) is 0.625. The number of aliphatic hydroxyl groups excluding tert-OH is 1. The normalized spacial score (nSPS) is 23.7. The minimum absolute atomic E-state index is 0.144. The number of aliphatic hydroxyl groups is 1. The van der Waals surface area contributed by atoms with E-state index in [0.717, 1.165) is 31.6 Å². The van der Waals surface area contributed by atoms with Gasteiger partial charge < -0.3 is 9.84 Å². The van der Waals surface area contributed by atoms with E-state index >= 15 is 0 Å². The van der Waals surface area contributed by atoms with Gasteiger partial charge in [0.05, 0.1) is 12.7 Å². The first-order valence-electron chi connectivity index (χ1n) is 7.37. The minimum Gasteiger partial charge on any atom is -0.493 e. The maximum Gasteiger partial charge on any atom is 0.122 e. The van der Waals surface area contributed by atoms with Crippen molar-refractivity contribution < 1.29 is 9.84 Å². The van der Waals surface area contributed by atoms with Crippen molar-refractivity contribution in [3.8, 4) is 5.75 Å². The summed E-state index contributed by atoms with van der Waals surface area (Å²) in [6.07, 6.45) is 6.54. The standard InChI is InChI=1S/C16H22O2S/c17-14(16-3-1-2-10-19-16)6-4-12-5-7-15-13(11-12)8-9-18-15/h5,7,11,14,16-17H,1-4,6,8-10H2. The summed E-state index contributed by atoms with van der Waals surface area (Å²) in [6, 6.07) is 6.48. The Kier molecular flexibility index (Phi) is 4.34. The van der Waals surface area contributed by atoms with Gasteiger partial charge in [-0.15, -0.1) is 0 Å². The van der Waals surface area contributed by atoms with Gasteiger partial charge in [0.25, 0.3) is 0 Å². The number of ether oxygens (including phenoxy) is 1. The molecule has 0 radical (unpaired) electrons. The number of fused-ring (bicyclic) bond motifs is 1. The van der Waals surface area contributed by atoms with Crippen molar-refractivity contribution in [2.24, 2.45) is 0 Å². The van der Waals surface area contributed by atoms with Crippen LogP contribution in [0.4, 0.5) is 0 Å². The number of hydrogen-bond donors (Lipinski definition) is 1. The van der Waals surface area contributed by atoms with E-state index in [2.05, 4.69) is 18.2 Å². The van der Waals surface area contributed by atoms with E-state index in [1.807, 2.05) is 11.8 Å². The molecule has 0 spiro atoms. The molecule has 1 N–H and O–H groups in total. The lowest BCUT2D eigenvalue weighted by molar-refractivity contribution is 0.156. The van der Waals surface area contributed by atoms with Gasteiger partial charge in [-0.2, -0.15) is 11.8 Å². The van der Waals surface area contributed by atoms with Crippen LogP contribution in [0.15, 0.2) is 18.2 Å². The van der Waals surface area contributed by atoms with Crippen LogP contribution in [0, 0.1) is 0 Å². The van der Waals surface area contributed by atoms with E-state index in [9.17, 15) is 5.11 Å². The molecule has 0 amide bonds. The Bertz CT molecular complexity index is 427. The Morgan fingerprint density at radius 2 is 2.32 bits per heavy atom. The van der Waals surface area contributed by atoms with Crippen LogP contribution in [0.1, 0.15) is 36.8 Å². The largest absolute Gasteiger partial charge is 0.493 e. The lowest BCUT2D eigenvalue weighted by Gasteiger charge is -2.26. The van der Waals surface area contributed by atoms with Crippen LogP contribution in [-0.2, 0) is 12.8 Å². The number of aryl methyl sites for hydroxylation is 1. The molecule has 3 heteroatoms. The van der Waals surface area contributed by atoms with Gasteiger partial charge in [0.2, 0.25) is 0 Å². The molecule has 2 atom stereocenters. The summed E-state index contributed by atoms with van der Waals surface area (Å²) < 4.78 is 5.52. The second kappa shape index (κ2) is 6.19. The van der Waals surface area contributed by atoms with E-state index in [0.29, 0.717) is 5.25 Å². The summed E-state index contributed by atoms with van der Waals surface area (Å²) in [5.74, 6) is 2.27. The van der Waals surface area contributed by atoms with E-state index in [1.165, 1.54) is 36.1 Å². The third-order valence-corrected chi connectivity index (χ3v) is 5.63. The van der Waals surface area contributed by atoms with Crippen LogP contribution in [-0.4, -0.2) is 28.8 Å². The molecule has 3 rings (SSSR count). The number of hydrogen-bond acceptors (Lipinski definition) is 3. The Balaban J connectivity index is 1.53. The van der Waals surface area contributed by atoms with Crippen molar-refractivity contribution in [3.05, 3.63) is 29.3 Å². The molecule has 2 aliphatic heterocycles. The fourth-order valence-electron chi connectivity index (χ4n) is 2.96. The van der Waals surface area contributed by atoms with Crippen molar-refractivity contribution in [2.75, 3.05) is 12.4 Å². The molecule has 2 aliphatic rings. The lowest BCUT2D eigenvalue weighted by atomic mass is 10.00. The Labute approximate surface area is 119 Å². The Hall–Kier alpha value is -0.670. The quantitative estimate of drug-likeness (QED) is 0.917. The third kappa shape index (κ3) is 3.26. The van der Waals surface area contributed by atoms with E-state index < -0.39 is 0 Å². The summed E-state index contributed by atoms with van der Waals surface area (Å²) in [5.41, 5.74) is 2.67. The third-order valence-electron chi connectivity index (χ3n) is 4.13. The first-order chi connectivity index (χ1) is 9.33. The molecule has 1 aromatic carbocycles. The van der Waals surface area contributed by atoms with Gasteiger partial charge in [0.15, 0.2) is 0 Å². The highest BCUT2D eigenvalue weighted by atomic mass is 32.2. The maximum atomic E-state index is 10.3. The van der Waals surface area contributed by atoms with Crippen LogP contribution >= 0.6 is 11.8 Å². The average molecular weight is 278 g/mol. The lowest BCUT2D eigenvalue weighted by Crippen LogP contribution is -2.26. The second-order valence-corrected chi connectivity index (χ2v) is 6.90. The smallest absolute Gasteiger partial charge is 0.122 e. The molecular formula is C16H22O2S.